The Labute approximate surface area is 180 Å². The van der Waals surface area contributed by atoms with E-state index >= 15 is 0 Å². The molecule has 0 saturated carbocycles. The fraction of sp³-hybridized carbons (Fsp3) is 0.0435. The van der Waals surface area contributed by atoms with Crippen molar-refractivity contribution in [2.45, 2.75) is 0 Å². The molecule has 3 aromatic carbocycles. The first-order chi connectivity index (χ1) is 15.5. The first-order valence-corrected chi connectivity index (χ1v) is 9.53. The number of nitrogens with one attached hydrogen (secondary N) is 1. The zero-order valence-electron chi connectivity index (χ0n) is 16.4. The van der Waals surface area contributed by atoms with Gasteiger partial charge in [-0.1, -0.05) is 12.1 Å². The number of ether oxygens (including phenoxy) is 2. The molecule has 5 rings (SSSR count). The van der Waals surface area contributed by atoms with Crippen molar-refractivity contribution in [3.63, 3.8) is 0 Å². The van der Waals surface area contributed by atoms with Crippen molar-refractivity contribution >= 4 is 34.0 Å². The molecule has 1 aromatic heterocycles. The number of rotatable bonds is 5. The summed E-state index contributed by atoms with van der Waals surface area (Å²) in [6, 6.07) is 16.9. The van der Waals surface area contributed by atoms with Crippen molar-refractivity contribution in [1.82, 2.24) is 0 Å². The smallest absolute Gasteiger partial charge is 0.269 e. The van der Waals surface area contributed by atoms with Gasteiger partial charge < -0.3 is 19.2 Å². The Hall–Kier alpha value is -4.66. The molecule has 0 radical (unpaired) electrons. The molecule has 0 bridgehead atoms. The molecular formula is C23H14N2O7. The molecule has 9 nitrogen and oxygen atoms in total. The van der Waals surface area contributed by atoms with E-state index in [0.29, 0.717) is 28.0 Å². The maximum Gasteiger partial charge on any atom is 0.269 e. The first kappa shape index (κ1) is 19.3. The molecule has 1 amide bonds. The van der Waals surface area contributed by atoms with Gasteiger partial charge in [0.2, 0.25) is 12.6 Å². The Morgan fingerprint density at radius 2 is 1.62 bits per heavy atom. The van der Waals surface area contributed by atoms with Crippen LogP contribution in [0.3, 0.4) is 0 Å². The molecule has 9 heteroatoms. The number of anilines is 1. The van der Waals surface area contributed by atoms with Gasteiger partial charge in [0, 0.05) is 28.6 Å². The van der Waals surface area contributed by atoms with Crippen LogP contribution in [0.15, 0.2) is 71.1 Å². The van der Waals surface area contributed by atoms with Gasteiger partial charge in [-0.2, -0.15) is 0 Å². The van der Waals surface area contributed by atoms with Crippen LogP contribution in [0.25, 0.3) is 11.0 Å². The average molecular weight is 430 g/mol. The molecule has 2 heterocycles. The van der Waals surface area contributed by atoms with E-state index in [9.17, 15) is 19.7 Å². The Morgan fingerprint density at radius 1 is 0.906 bits per heavy atom. The number of non-ortho nitro benzene ring substituents is 1. The second-order valence-electron chi connectivity index (χ2n) is 6.96. The van der Waals surface area contributed by atoms with Crippen molar-refractivity contribution < 1.29 is 28.4 Å². The van der Waals surface area contributed by atoms with E-state index in [-0.39, 0.29) is 29.5 Å². The third-order valence-corrected chi connectivity index (χ3v) is 5.02. The number of nitro groups is 1. The third kappa shape index (κ3) is 3.31. The van der Waals surface area contributed by atoms with Crippen LogP contribution < -0.4 is 14.8 Å². The fourth-order valence-electron chi connectivity index (χ4n) is 3.42. The van der Waals surface area contributed by atoms with Crippen LogP contribution in [0.5, 0.6) is 11.5 Å². The van der Waals surface area contributed by atoms with Gasteiger partial charge in [-0.05, 0) is 42.5 Å². The third-order valence-electron chi connectivity index (χ3n) is 5.02. The van der Waals surface area contributed by atoms with E-state index in [2.05, 4.69) is 5.32 Å². The van der Waals surface area contributed by atoms with Crippen molar-refractivity contribution in [2.24, 2.45) is 0 Å². The molecule has 0 aliphatic carbocycles. The molecule has 32 heavy (non-hydrogen) atoms. The number of benzene rings is 3. The molecule has 0 fully saturated rings. The lowest BCUT2D eigenvalue weighted by molar-refractivity contribution is -0.384. The Morgan fingerprint density at radius 3 is 2.41 bits per heavy atom. The second kappa shape index (κ2) is 7.55. The van der Waals surface area contributed by atoms with Crippen molar-refractivity contribution in [2.75, 3.05) is 12.1 Å². The van der Waals surface area contributed by atoms with Crippen molar-refractivity contribution in [3.05, 3.63) is 93.7 Å². The minimum absolute atomic E-state index is 0.0414. The monoisotopic (exact) mass is 430 g/mol. The quantitative estimate of drug-likeness (QED) is 0.280. The molecule has 0 spiro atoms. The lowest BCUT2D eigenvalue weighted by atomic mass is 10.1. The number of hydrogen-bond donors (Lipinski definition) is 1. The summed E-state index contributed by atoms with van der Waals surface area (Å²) in [5.74, 6) is -0.0358. The lowest BCUT2D eigenvalue weighted by Crippen LogP contribution is -2.14. The fourth-order valence-corrected chi connectivity index (χ4v) is 3.42. The minimum atomic E-state index is -0.548. The number of amides is 1. The number of para-hydroxylation sites is 1. The van der Waals surface area contributed by atoms with E-state index in [4.69, 9.17) is 13.9 Å². The average Bonchev–Trinajstić information content (AvgIpc) is 3.43. The highest BCUT2D eigenvalue weighted by atomic mass is 16.7. The van der Waals surface area contributed by atoms with Crippen LogP contribution in [-0.4, -0.2) is 23.4 Å². The number of ketones is 1. The second-order valence-corrected chi connectivity index (χ2v) is 6.96. The van der Waals surface area contributed by atoms with Crippen LogP contribution in [0.4, 0.5) is 11.4 Å². The van der Waals surface area contributed by atoms with Gasteiger partial charge in [0.15, 0.2) is 17.3 Å². The molecule has 1 aliphatic heterocycles. The lowest BCUT2D eigenvalue weighted by Gasteiger charge is -2.07. The number of carbonyl (C=O) groups excluding carboxylic acids is 2. The first-order valence-electron chi connectivity index (χ1n) is 9.53. The highest BCUT2D eigenvalue weighted by Crippen LogP contribution is 2.36. The van der Waals surface area contributed by atoms with Crippen LogP contribution in [0, 0.1) is 10.1 Å². The summed E-state index contributed by atoms with van der Waals surface area (Å²) in [6.07, 6.45) is 0. The largest absolute Gasteiger partial charge is 0.454 e. The van der Waals surface area contributed by atoms with Gasteiger partial charge in [0.25, 0.3) is 11.6 Å². The maximum absolute atomic E-state index is 13.3. The molecule has 4 aromatic rings. The number of carbonyl (C=O) groups is 2. The SMILES string of the molecule is O=C(Nc1c(C(=O)c2ccc3c(c2)OCO3)oc2ccccc12)c1ccc([N+](=O)[O-])cc1. The molecule has 0 saturated heterocycles. The van der Waals surface area contributed by atoms with Crippen molar-refractivity contribution in [3.8, 4) is 11.5 Å². The van der Waals surface area contributed by atoms with E-state index in [0.717, 1.165) is 0 Å². The summed E-state index contributed by atoms with van der Waals surface area (Å²) in [6.45, 7) is 0.0775. The summed E-state index contributed by atoms with van der Waals surface area (Å²) in [7, 11) is 0. The van der Waals surface area contributed by atoms with Gasteiger partial charge in [-0.15, -0.1) is 0 Å². The zero-order chi connectivity index (χ0) is 22.2. The van der Waals surface area contributed by atoms with Gasteiger partial charge in [0.1, 0.15) is 5.58 Å². The zero-order valence-corrected chi connectivity index (χ0v) is 16.4. The number of hydrogen-bond acceptors (Lipinski definition) is 7. The summed E-state index contributed by atoms with van der Waals surface area (Å²) in [4.78, 5) is 36.4. The predicted molar refractivity (Wildman–Crippen MR) is 113 cm³/mol. The van der Waals surface area contributed by atoms with Crippen LogP contribution in [0.1, 0.15) is 26.5 Å². The van der Waals surface area contributed by atoms with E-state index < -0.39 is 16.6 Å². The van der Waals surface area contributed by atoms with Crippen LogP contribution in [-0.2, 0) is 0 Å². The molecule has 1 aliphatic rings. The van der Waals surface area contributed by atoms with Crippen LogP contribution >= 0.6 is 0 Å². The number of nitro benzene ring substituents is 1. The minimum Gasteiger partial charge on any atom is -0.454 e. The molecule has 158 valence electrons. The van der Waals surface area contributed by atoms with Gasteiger partial charge in [0.05, 0.1) is 10.6 Å². The molecular weight excluding hydrogens is 416 g/mol. The summed E-state index contributed by atoms with van der Waals surface area (Å²) < 4.78 is 16.4. The van der Waals surface area contributed by atoms with Crippen LogP contribution in [0.2, 0.25) is 0 Å². The van der Waals surface area contributed by atoms with Gasteiger partial charge in [-0.25, -0.2) is 0 Å². The van der Waals surface area contributed by atoms with Gasteiger partial charge in [-0.3, -0.25) is 19.7 Å². The topological polar surface area (TPSA) is 121 Å². The van der Waals surface area contributed by atoms with E-state index in [1.165, 1.54) is 24.3 Å². The molecule has 0 atom stereocenters. The normalized spacial score (nSPS) is 12.0. The maximum atomic E-state index is 13.3. The predicted octanol–water partition coefficient (Wildman–Crippen LogP) is 4.55. The van der Waals surface area contributed by atoms with E-state index in [1.807, 2.05) is 0 Å². The van der Waals surface area contributed by atoms with Gasteiger partial charge >= 0.3 is 0 Å². The number of nitrogens with zero attached hydrogens (tertiary/aromatic N) is 1. The molecule has 0 unspecified atom stereocenters. The summed E-state index contributed by atoms with van der Waals surface area (Å²) in [5, 5.41) is 14.1. The Bertz CT molecular complexity index is 1390. The summed E-state index contributed by atoms with van der Waals surface area (Å²) in [5.41, 5.74) is 1.01. The number of fused-ring (bicyclic) bond motifs is 2. The molecule has 1 N–H and O–H groups in total. The number of furan rings is 1. The standard InChI is InChI=1S/C23H14N2O7/c26-21(14-7-10-18-19(11-14)31-12-30-18)22-20(16-3-1-2-4-17(16)32-22)24-23(27)13-5-8-15(9-6-13)25(28)29/h1-11H,12H2,(H,24,27). The highest BCUT2D eigenvalue weighted by molar-refractivity contribution is 6.19. The van der Waals surface area contributed by atoms with Crippen molar-refractivity contribution in [1.29, 1.82) is 0 Å². The Balaban J connectivity index is 1.52. The summed E-state index contributed by atoms with van der Waals surface area (Å²) >= 11 is 0. The van der Waals surface area contributed by atoms with E-state index in [1.54, 1.807) is 42.5 Å². The Kier molecular flexibility index (Phi) is 4.55. The highest BCUT2D eigenvalue weighted by Gasteiger charge is 2.25.